The predicted molar refractivity (Wildman–Crippen MR) is 111 cm³/mol. The van der Waals surface area contributed by atoms with Gasteiger partial charge in [0.2, 0.25) is 0 Å². The number of nitrogens with zero attached hydrogens (tertiary/aromatic N) is 2. The smallest absolute Gasteiger partial charge is 0.351 e. The molecule has 0 unspecified atom stereocenters. The molecule has 0 atom stereocenters. The van der Waals surface area contributed by atoms with Crippen molar-refractivity contribution in [1.29, 1.82) is 0 Å². The van der Waals surface area contributed by atoms with Crippen molar-refractivity contribution in [3.63, 3.8) is 0 Å². The van der Waals surface area contributed by atoms with Gasteiger partial charge in [-0.1, -0.05) is 30.3 Å². The van der Waals surface area contributed by atoms with Crippen LogP contribution in [0.1, 0.15) is 30.9 Å². The number of fused-ring (bicyclic) bond motifs is 1. The van der Waals surface area contributed by atoms with Crippen molar-refractivity contribution in [1.82, 2.24) is 15.0 Å². The summed E-state index contributed by atoms with van der Waals surface area (Å²) in [6, 6.07) is 9.51. The summed E-state index contributed by atoms with van der Waals surface area (Å²) in [5.41, 5.74) is 2.19. The number of ether oxygens (including phenoxy) is 1. The molecule has 0 aliphatic rings. The minimum Gasteiger partial charge on any atom is -0.453 e. The molecular formula is C20H17N3O3S2. The van der Waals surface area contributed by atoms with E-state index in [0.29, 0.717) is 26.6 Å². The Morgan fingerprint density at radius 1 is 1.11 bits per heavy atom. The zero-order valence-electron chi connectivity index (χ0n) is 15.5. The summed E-state index contributed by atoms with van der Waals surface area (Å²) in [6.45, 7) is 5.60. The minimum absolute atomic E-state index is 0.106. The normalized spacial score (nSPS) is 11.1. The van der Waals surface area contributed by atoms with Gasteiger partial charge in [0.25, 0.3) is 5.56 Å². The number of thiophene rings is 1. The van der Waals surface area contributed by atoms with Gasteiger partial charge in [-0.3, -0.25) is 4.79 Å². The van der Waals surface area contributed by atoms with E-state index in [-0.39, 0.29) is 12.2 Å². The van der Waals surface area contributed by atoms with Crippen molar-refractivity contribution in [2.24, 2.45) is 0 Å². The van der Waals surface area contributed by atoms with Crippen molar-refractivity contribution < 1.29 is 9.53 Å². The number of aromatic nitrogens is 3. The first kappa shape index (κ1) is 18.5. The summed E-state index contributed by atoms with van der Waals surface area (Å²) < 4.78 is 5.43. The molecule has 0 spiro atoms. The van der Waals surface area contributed by atoms with Gasteiger partial charge in [-0.15, -0.1) is 22.7 Å². The molecule has 0 aliphatic heterocycles. The molecule has 0 fully saturated rings. The van der Waals surface area contributed by atoms with Gasteiger partial charge >= 0.3 is 5.97 Å². The van der Waals surface area contributed by atoms with Crippen molar-refractivity contribution in [2.45, 2.75) is 27.4 Å². The Morgan fingerprint density at radius 2 is 1.86 bits per heavy atom. The van der Waals surface area contributed by atoms with Crippen LogP contribution in [0.15, 0.2) is 35.1 Å². The highest BCUT2D eigenvalue weighted by atomic mass is 32.1. The van der Waals surface area contributed by atoms with Gasteiger partial charge in [0.1, 0.15) is 22.1 Å². The third kappa shape index (κ3) is 3.36. The van der Waals surface area contributed by atoms with E-state index in [1.807, 2.05) is 51.1 Å². The summed E-state index contributed by atoms with van der Waals surface area (Å²) in [4.78, 5) is 38.8. The Morgan fingerprint density at radius 3 is 2.61 bits per heavy atom. The molecular weight excluding hydrogens is 394 g/mol. The number of hydrogen-bond acceptors (Lipinski definition) is 7. The van der Waals surface area contributed by atoms with E-state index >= 15 is 0 Å². The first-order valence-corrected chi connectivity index (χ1v) is 10.3. The highest BCUT2D eigenvalue weighted by Gasteiger charge is 2.20. The molecule has 3 heterocycles. The molecule has 142 valence electrons. The zero-order valence-corrected chi connectivity index (χ0v) is 17.2. The van der Waals surface area contributed by atoms with Gasteiger partial charge in [0, 0.05) is 10.4 Å². The minimum atomic E-state index is -0.481. The number of hydrogen-bond donors (Lipinski definition) is 1. The number of carbonyl (C=O) groups excluding carboxylic acids is 1. The SMILES string of the molecule is Cc1nc(-c2ccccc2)c(C(=O)OCc2nc3sc(C)c(C)c3c(=O)[nH]2)s1. The van der Waals surface area contributed by atoms with Crippen molar-refractivity contribution in [3.8, 4) is 11.3 Å². The van der Waals surface area contributed by atoms with Crippen LogP contribution in [0.5, 0.6) is 0 Å². The second-order valence-electron chi connectivity index (χ2n) is 6.33. The van der Waals surface area contributed by atoms with Crippen molar-refractivity contribution in [3.05, 3.63) is 66.8 Å². The first-order valence-electron chi connectivity index (χ1n) is 8.63. The van der Waals surface area contributed by atoms with Gasteiger partial charge in [0.05, 0.1) is 16.1 Å². The lowest BCUT2D eigenvalue weighted by Crippen LogP contribution is -2.14. The fourth-order valence-electron chi connectivity index (χ4n) is 2.92. The van der Waals surface area contributed by atoms with Gasteiger partial charge in [-0.2, -0.15) is 0 Å². The fourth-order valence-corrected chi connectivity index (χ4v) is 4.81. The summed E-state index contributed by atoms with van der Waals surface area (Å²) in [6.07, 6.45) is 0. The standard InChI is InChI=1S/C20H17N3O3S2/c1-10-11(2)27-19-15(10)18(24)22-14(23-19)9-26-20(25)17-16(21-12(3)28-17)13-7-5-4-6-8-13/h4-8H,9H2,1-3H3,(H,22,23,24). The summed E-state index contributed by atoms with van der Waals surface area (Å²) in [7, 11) is 0. The van der Waals surface area contributed by atoms with Crippen LogP contribution in [-0.4, -0.2) is 20.9 Å². The lowest BCUT2D eigenvalue weighted by molar-refractivity contribution is 0.0469. The number of aryl methyl sites for hydroxylation is 3. The van der Waals surface area contributed by atoms with E-state index in [2.05, 4.69) is 15.0 Å². The Labute approximate surface area is 168 Å². The molecule has 6 nitrogen and oxygen atoms in total. The van der Waals surface area contributed by atoms with E-state index in [1.54, 1.807) is 0 Å². The van der Waals surface area contributed by atoms with Crippen molar-refractivity contribution in [2.75, 3.05) is 0 Å². The Balaban J connectivity index is 1.59. The van der Waals surface area contributed by atoms with Gasteiger partial charge in [-0.05, 0) is 26.3 Å². The summed E-state index contributed by atoms with van der Waals surface area (Å²) in [5, 5.41) is 1.38. The maximum Gasteiger partial charge on any atom is 0.351 e. The molecule has 28 heavy (non-hydrogen) atoms. The molecule has 4 aromatic rings. The van der Waals surface area contributed by atoms with E-state index in [0.717, 1.165) is 21.0 Å². The fraction of sp³-hybridized carbons (Fsp3) is 0.200. The Hall–Kier alpha value is -2.84. The molecule has 3 aromatic heterocycles. The third-order valence-electron chi connectivity index (χ3n) is 4.39. The average molecular weight is 412 g/mol. The number of nitrogens with one attached hydrogen (secondary N) is 1. The topological polar surface area (TPSA) is 84.9 Å². The highest BCUT2D eigenvalue weighted by Crippen LogP contribution is 2.29. The van der Waals surface area contributed by atoms with Crippen molar-refractivity contribution >= 4 is 38.9 Å². The number of benzene rings is 1. The molecule has 0 saturated heterocycles. The molecule has 8 heteroatoms. The predicted octanol–water partition coefficient (Wildman–Crippen LogP) is 4.39. The summed E-state index contributed by atoms with van der Waals surface area (Å²) >= 11 is 2.75. The van der Waals surface area contributed by atoms with Crippen LogP contribution in [0.4, 0.5) is 0 Å². The maximum absolute atomic E-state index is 12.7. The molecule has 0 radical (unpaired) electrons. The van der Waals surface area contributed by atoms with E-state index in [9.17, 15) is 9.59 Å². The molecule has 0 bridgehead atoms. The largest absolute Gasteiger partial charge is 0.453 e. The van der Waals surface area contributed by atoms with Gasteiger partial charge in [0.15, 0.2) is 0 Å². The maximum atomic E-state index is 12.7. The van der Waals surface area contributed by atoms with E-state index < -0.39 is 5.97 Å². The second kappa shape index (κ2) is 7.29. The lowest BCUT2D eigenvalue weighted by atomic mass is 10.1. The third-order valence-corrected chi connectivity index (χ3v) is 6.45. The second-order valence-corrected chi connectivity index (χ2v) is 8.74. The number of H-pyrrole nitrogens is 1. The van der Waals surface area contributed by atoms with Gasteiger partial charge < -0.3 is 9.72 Å². The van der Waals surface area contributed by atoms with Crippen LogP contribution in [0.2, 0.25) is 0 Å². The lowest BCUT2D eigenvalue weighted by Gasteiger charge is -2.05. The average Bonchev–Trinajstić information content (AvgIpc) is 3.20. The highest BCUT2D eigenvalue weighted by molar-refractivity contribution is 7.18. The van der Waals surface area contributed by atoms with Crippen LogP contribution in [-0.2, 0) is 11.3 Å². The van der Waals surface area contributed by atoms with Crippen LogP contribution >= 0.6 is 22.7 Å². The number of aromatic amines is 1. The monoisotopic (exact) mass is 411 g/mol. The van der Waals surface area contributed by atoms with Gasteiger partial charge in [-0.25, -0.2) is 14.8 Å². The van der Waals surface area contributed by atoms with Crippen LogP contribution < -0.4 is 5.56 Å². The number of rotatable bonds is 4. The zero-order chi connectivity index (χ0) is 19.8. The van der Waals surface area contributed by atoms with Crippen LogP contribution in [0.25, 0.3) is 21.5 Å². The van der Waals surface area contributed by atoms with Crippen LogP contribution in [0, 0.1) is 20.8 Å². The quantitative estimate of drug-likeness (QED) is 0.504. The van der Waals surface area contributed by atoms with E-state index in [4.69, 9.17) is 4.74 Å². The van der Waals surface area contributed by atoms with E-state index in [1.165, 1.54) is 22.7 Å². The first-order chi connectivity index (χ1) is 13.4. The molecule has 0 aliphatic carbocycles. The van der Waals surface area contributed by atoms with Crippen LogP contribution in [0.3, 0.4) is 0 Å². The Kier molecular flexibility index (Phi) is 4.82. The molecule has 0 amide bonds. The molecule has 1 aromatic carbocycles. The Bertz CT molecular complexity index is 1240. The molecule has 4 rings (SSSR count). The number of thiazole rings is 1. The summed E-state index contributed by atoms with van der Waals surface area (Å²) in [5.74, 6) is -0.152. The number of carbonyl (C=O) groups is 1. The molecule has 1 N–H and O–H groups in total. The number of esters is 1. The molecule has 0 saturated carbocycles.